The third-order valence-electron chi connectivity index (χ3n) is 17.8. The van der Waals surface area contributed by atoms with Crippen molar-refractivity contribution in [2.45, 2.75) is 148 Å². The third kappa shape index (κ3) is 22.1. The van der Waals surface area contributed by atoms with Crippen LogP contribution in [0.3, 0.4) is 0 Å². The van der Waals surface area contributed by atoms with Crippen molar-refractivity contribution in [3.05, 3.63) is 110 Å². The number of hydrogen-bond donors (Lipinski definition) is 7. The Kier molecular flexibility index (Phi) is 31.3. The zero-order chi connectivity index (χ0) is 69.8. The Balaban J connectivity index is 0.734. The van der Waals surface area contributed by atoms with Gasteiger partial charge in [0.05, 0.1) is 135 Å². The summed E-state index contributed by atoms with van der Waals surface area (Å²) in [5, 5.41) is 35.8. The Morgan fingerprint density at radius 2 is 1.41 bits per heavy atom. The maximum atomic E-state index is 15.6. The average Bonchev–Trinajstić information content (AvgIpc) is 1.48. The van der Waals surface area contributed by atoms with Crippen LogP contribution in [0.4, 0.5) is 14.9 Å². The van der Waals surface area contributed by atoms with Gasteiger partial charge in [0.2, 0.25) is 17.7 Å². The number of unbranched alkanes of at least 4 members (excludes halogenated alkanes) is 1. The molecule has 5 atom stereocenters. The number of halogens is 1. The molecule has 4 heterocycles. The molecule has 25 nitrogen and oxygen atoms in total. The summed E-state index contributed by atoms with van der Waals surface area (Å²) in [7, 11) is 0. The summed E-state index contributed by atoms with van der Waals surface area (Å²) in [5.41, 5.74) is 11.1. The van der Waals surface area contributed by atoms with Gasteiger partial charge in [-0.15, -0.1) is 0 Å². The highest BCUT2D eigenvalue weighted by molar-refractivity contribution is 5.99. The van der Waals surface area contributed by atoms with Crippen molar-refractivity contribution in [3.63, 3.8) is 0 Å². The lowest BCUT2D eigenvalue weighted by molar-refractivity contribution is -0.164. The van der Waals surface area contributed by atoms with E-state index < -0.39 is 65.6 Å². The molecule has 2 aliphatic carbocycles. The maximum Gasteiger partial charge on any atom is 0.407 e. The summed E-state index contributed by atoms with van der Waals surface area (Å²) in [6.07, 6.45) is 10.9. The number of carbonyl (C=O) groups is 5. The van der Waals surface area contributed by atoms with Gasteiger partial charge in [-0.25, -0.2) is 19.0 Å². The quantitative estimate of drug-likeness (QED) is 0.0229. The molecule has 8 rings (SSSR count). The van der Waals surface area contributed by atoms with Gasteiger partial charge in [0.1, 0.15) is 31.1 Å². The summed E-state index contributed by atoms with van der Waals surface area (Å²) in [4.78, 5) is 75.1. The molecule has 3 aromatic rings. The fraction of sp³-hybridized carbons (Fsp3) is 0.611. The normalized spacial score (nSPS) is 18.4. The van der Waals surface area contributed by atoms with E-state index in [4.69, 9.17) is 62.8 Å². The number of pyridine rings is 1. The van der Waals surface area contributed by atoms with Crippen molar-refractivity contribution in [1.29, 1.82) is 0 Å². The molecule has 0 saturated heterocycles. The number of rotatable bonds is 45. The Hall–Kier alpha value is -6.79. The number of cyclic esters (lactones) is 1. The zero-order valence-corrected chi connectivity index (χ0v) is 57.6. The van der Waals surface area contributed by atoms with Crippen LogP contribution in [0.25, 0.3) is 16.6 Å². The number of benzene rings is 2. The standard InChI is InChI=1S/C72H102FN7O18/c1-6-72(87)55-42-62-66-53(44-80(62)69(84)54(55)46-97-70(72)85)65-58(18-16-52-49(5)56(73)43-60(76-66)64(52)65)79-71(86)98-45-51-15-17-57(48(4)40-51)77-67(82)59(14-10-11-21-74)78-68(83)61(41-50-12-8-7-9-13-50)75-63(81)20-23-89-25-27-91-29-31-93-33-35-95-37-39-96-38-36-94-34-32-92-30-28-90-26-24-88-22-19-47(2)3/h8,12-13,15,17,40,42-43,47,58-59,61,69,84,87H,6-7,9-11,14,16,18-39,41,44-46,74H2,1-5H3,(H,75,81)(H,77,82)(H,78,83)(H,79,86)/t58-,59-,61-,69?,72-/m0/s1. The number of hydrogen-bond acceptors (Lipinski definition) is 21. The predicted molar refractivity (Wildman–Crippen MR) is 363 cm³/mol. The van der Waals surface area contributed by atoms with Crippen LogP contribution in [0.5, 0.6) is 0 Å². The number of nitrogens with one attached hydrogen (secondary N) is 4. The number of aromatic nitrogens is 1. The van der Waals surface area contributed by atoms with E-state index in [0.29, 0.717) is 193 Å². The summed E-state index contributed by atoms with van der Waals surface area (Å²) in [5.74, 6) is -1.97. The van der Waals surface area contributed by atoms with Crippen LogP contribution in [-0.2, 0) is 90.9 Å². The molecule has 0 bridgehead atoms. The van der Waals surface area contributed by atoms with Crippen LogP contribution < -0.4 is 27.0 Å². The van der Waals surface area contributed by atoms with Crippen molar-refractivity contribution in [2.24, 2.45) is 11.7 Å². The summed E-state index contributed by atoms with van der Waals surface area (Å²) in [6, 6.07) is 4.01. The Morgan fingerprint density at radius 1 is 0.786 bits per heavy atom. The van der Waals surface area contributed by atoms with E-state index in [-0.39, 0.29) is 64.2 Å². The van der Waals surface area contributed by atoms with Crippen LogP contribution >= 0.6 is 0 Å². The number of nitrogens with zero attached hydrogens (tertiary/aromatic N) is 2. The molecule has 0 radical (unpaired) electrons. The van der Waals surface area contributed by atoms with Crippen molar-refractivity contribution in [2.75, 3.05) is 137 Å². The number of amides is 4. The van der Waals surface area contributed by atoms with Gasteiger partial charge in [0, 0.05) is 59.8 Å². The van der Waals surface area contributed by atoms with E-state index >= 15 is 4.39 Å². The first-order chi connectivity index (χ1) is 47.5. The van der Waals surface area contributed by atoms with Crippen LogP contribution in [-0.4, -0.2) is 206 Å². The predicted octanol–water partition coefficient (Wildman–Crippen LogP) is 6.68. The summed E-state index contributed by atoms with van der Waals surface area (Å²) >= 11 is 0. The van der Waals surface area contributed by atoms with Gasteiger partial charge >= 0.3 is 12.1 Å². The second kappa shape index (κ2) is 39.9. The Labute approximate surface area is 574 Å². The highest BCUT2D eigenvalue weighted by atomic mass is 19.1. The number of aliphatic hydroxyl groups excluding tert-OH is 1. The minimum atomic E-state index is -1.98. The van der Waals surface area contributed by atoms with Crippen molar-refractivity contribution >= 4 is 52.1 Å². The molecule has 1 aromatic heterocycles. The Bertz CT molecular complexity index is 3290. The number of ether oxygens (including phenoxy) is 11. The Morgan fingerprint density at radius 3 is 1.99 bits per heavy atom. The zero-order valence-electron chi connectivity index (χ0n) is 57.6. The van der Waals surface area contributed by atoms with E-state index in [2.05, 4.69) is 35.1 Å². The first-order valence-electron chi connectivity index (χ1n) is 34.6. The summed E-state index contributed by atoms with van der Waals surface area (Å²) < 4.78 is 76.7. The van der Waals surface area contributed by atoms with Crippen LogP contribution in [0.2, 0.25) is 0 Å². The van der Waals surface area contributed by atoms with Crippen molar-refractivity contribution in [1.82, 2.24) is 25.8 Å². The van der Waals surface area contributed by atoms with Crippen LogP contribution in [0.15, 0.2) is 65.3 Å². The molecular weight excluding hydrogens is 1270 g/mol. The highest BCUT2D eigenvalue weighted by Crippen LogP contribution is 2.49. The molecule has 2 aromatic carbocycles. The summed E-state index contributed by atoms with van der Waals surface area (Å²) in [6.45, 7) is 17.7. The molecule has 26 heteroatoms. The number of nitrogens with two attached hydrogens (primary N) is 1. The lowest BCUT2D eigenvalue weighted by Crippen LogP contribution is -2.52. The van der Waals surface area contributed by atoms with Crippen LogP contribution in [0, 0.1) is 25.6 Å². The van der Waals surface area contributed by atoms with Gasteiger partial charge in [-0.3, -0.25) is 14.4 Å². The minimum Gasteiger partial charge on any atom is -0.459 e. The highest BCUT2D eigenvalue weighted by Gasteiger charge is 2.50. The molecule has 0 saturated carbocycles. The molecule has 8 N–H and O–H groups in total. The third-order valence-corrected chi connectivity index (χ3v) is 17.8. The maximum absolute atomic E-state index is 15.6. The minimum absolute atomic E-state index is 0.00648. The number of allylic oxidation sites excluding steroid dienone is 3. The lowest BCUT2D eigenvalue weighted by Gasteiger charge is -2.40. The van der Waals surface area contributed by atoms with Gasteiger partial charge in [0.25, 0.3) is 0 Å². The van der Waals surface area contributed by atoms with E-state index in [9.17, 15) is 34.2 Å². The van der Waals surface area contributed by atoms with Gasteiger partial charge in [-0.05, 0) is 130 Å². The fourth-order valence-electron chi connectivity index (χ4n) is 12.3. The number of fused-ring (bicyclic) bond motifs is 4. The molecule has 1 unspecified atom stereocenters. The number of alkyl carbamates (subject to hydrolysis) is 1. The molecule has 3 aliphatic heterocycles. The van der Waals surface area contributed by atoms with E-state index in [1.54, 1.807) is 49.9 Å². The number of carbonyl (C=O) groups excluding carboxylic acids is 5. The smallest absolute Gasteiger partial charge is 0.407 e. The number of aliphatic hydroxyl groups is 2. The molecule has 0 spiro atoms. The van der Waals surface area contributed by atoms with E-state index in [0.717, 1.165) is 42.6 Å². The van der Waals surface area contributed by atoms with Crippen molar-refractivity contribution in [3.8, 4) is 0 Å². The van der Waals surface area contributed by atoms with Crippen LogP contribution in [0.1, 0.15) is 130 Å². The molecule has 0 fully saturated rings. The fourth-order valence-corrected chi connectivity index (χ4v) is 12.3. The first-order valence-corrected chi connectivity index (χ1v) is 34.6. The number of aryl methyl sites for hydroxylation is 2. The molecule has 98 heavy (non-hydrogen) atoms. The van der Waals surface area contributed by atoms with Crippen molar-refractivity contribution < 1.29 is 90.7 Å². The molecule has 4 amide bonds. The second-order valence-corrected chi connectivity index (χ2v) is 25.3. The first kappa shape index (κ1) is 77.0. The van der Waals surface area contributed by atoms with Gasteiger partial charge in [-0.1, -0.05) is 51.1 Å². The monoisotopic (exact) mass is 1370 g/mol. The SMILES string of the molecule is CC[C@@]1(O)C(=O)OCC2=C1C=C1c3nc4cc(F)c(C)c5c4c(c3CN1C2O)[C@@H](NC(=O)OCc1ccc(NC(=O)[C@H](CCCCN)NC(=O)[C@H](CC2=CCCC=C2)NC(=O)CCOCCOCCOCCOCCOCCOCCOCCOCCOCCC(C)C)c(C)c1)CC5. The molecular formula is C72H102FN7O18. The molecule has 5 aliphatic rings. The lowest BCUT2D eigenvalue weighted by atomic mass is 9.81. The van der Waals surface area contributed by atoms with Gasteiger partial charge in [0.15, 0.2) is 11.8 Å². The van der Waals surface area contributed by atoms with Gasteiger partial charge in [-0.2, -0.15) is 0 Å². The molecule has 540 valence electrons. The topological polar surface area (TPSA) is 318 Å². The van der Waals surface area contributed by atoms with E-state index in [1.165, 1.54) is 6.07 Å². The van der Waals surface area contributed by atoms with E-state index in [1.807, 2.05) is 18.2 Å². The second-order valence-electron chi connectivity index (χ2n) is 25.3. The number of esters is 1. The average molecular weight is 1370 g/mol. The largest absolute Gasteiger partial charge is 0.459 e. The van der Waals surface area contributed by atoms with Gasteiger partial charge < -0.3 is 94.2 Å². The number of anilines is 1.